The molecule has 2 aromatic heterocycles. The summed E-state index contributed by atoms with van der Waals surface area (Å²) in [6, 6.07) is 10.8. The first-order valence-corrected chi connectivity index (χ1v) is 14.9. The van der Waals surface area contributed by atoms with Crippen LogP contribution in [0.15, 0.2) is 24.3 Å². The van der Waals surface area contributed by atoms with Crippen molar-refractivity contribution in [3.63, 3.8) is 0 Å². The number of nitrogens with one attached hydrogen (secondary N) is 1. The van der Waals surface area contributed by atoms with Crippen LogP contribution < -0.4 is 5.32 Å². The quantitative estimate of drug-likeness (QED) is 0.205. The lowest BCUT2D eigenvalue weighted by Crippen LogP contribution is -2.16. The second kappa shape index (κ2) is 14.3. The third-order valence-corrected chi connectivity index (χ3v) is 8.00. The van der Waals surface area contributed by atoms with Crippen LogP contribution in [0.5, 0.6) is 0 Å². The molecule has 194 valence electrons. The monoisotopic (exact) mass is 486 g/mol. The number of para-hydroxylation sites is 2. The molecule has 0 bridgehead atoms. The first kappa shape index (κ1) is 26.5. The average Bonchev–Trinajstić information content (AvgIpc) is 3.29. The normalized spacial score (nSPS) is 13.2. The van der Waals surface area contributed by atoms with Crippen LogP contribution >= 0.6 is 0 Å². The largest absolute Gasteiger partial charge is 0.371 e. The number of benzene rings is 1. The van der Waals surface area contributed by atoms with Gasteiger partial charge in [-0.1, -0.05) is 103 Å². The molecular formula is C32H46N4. The molecule has 0 aliphatic heterocycles. The van der Waals surface area contributed by atoms with Gasteiger partial charge in [-0.3, -0.25) is 4.40 Å². The standard InChI is InChI=1S/C32H46N4/c1-2-3-4-5-6-7-8-9-10-11-12-13-14-19-24-34-31-27-21-16-15-20-26(27)28(25-33)32-35-29-22-17-18-23-30(29)36(31)32/h17-18,22-23,34H,2-16,19-21,24H2,1H3. The SMILES string of the molecule is CCCCCCCCCCCCCCCCNc1c2c(c(C#N)c3nc4ccccc4n13)CCCC2. The number of rotatable bonds is 16. The van der Waals surface area contributed by atoms with Crippen molar-refractivity contribution in [2.45, 2.75) is 122 Å². The van der Waals surface area contributed by atoms with Gasteiger partial charge in [0.2, 0.25) is 0 Å². The Bertz CT molecular complexity index is 1140. The lowest BCUT2D eigenvalue weighted by atomic mass is 9.89. The van der Waals surface area contributed by atoms with Crippen LogP contribution in [0.25, 0.3) is 16.7 Å². The zero-order chi connectivity index (χ0) is 25.0. The molecular weight excluding hydrogens is 440 g/mol. The molecule has 2 heterocycles. The number of hydrogen-bond acceptors (Lipinski definition) is 3. The van der Waals surface area contributed by atoms with E-state index in [4.69, 9.17) is 4.98 Å². The Morgan fingerprint density at radius 1 is 0.806 bits per heavy atom. The van der Waals surface area contributed by atoms with E-state index in [1.165, 1.54) is 113 Å². The maximum Gasteiger partial charge on any atom is 0.157 e. The zero-order valence-electron chi connectivity index (χ0n) is 22.6. The summed E-state index contributed by atoms with van der Waals surface area (Å²) in [5, 5.41) is 13.8. The summed E-state index contributed by atoms with van der Waals surface area (Å²) in [6.45, 7) is 3.27. The fourth-order valence-electron chi connectivity index (χ4n) is 5.96. The Morgan fingerprint density at radius 3 is 2.03 bits per heavy atom. The number of fused-ring (bicyclic) bond motifs is 4. The van der Waals surface area contributed by atoms with Crippen molar-refractivity contribution in [2.24, 2.45) is 0 Å². The Kier molecular flexibility index (Phi) is 10.5. The first-order valence-electron chi connectivity index (χ1n) is 14.9. The van der Waals surface area contributed by atoms with Crippen LogP contribution in [0, 0.1) is 11.3 Å². The minimum atomic E-state index is 0.781. The summed E-state index contributed by atoms with van der Waals surface area (Å²) in [4.78, 5) is 4.88. The number of anilines is 1. The number of unbranched alkanes of at least 4 members (excludes halogenated alkanes) is 13. The van der Waals surface area contributed by atoms with E-state index in [1.807, 2.05) is 6.07 Å². The average molecular weight is 487 g/mol. The molecule has 4 heteroatoms. The van der Waals surface area contributed by atoms with Crippen molar-refractivity contribution in [2.75, 3.05) is 11.9 Å². The van der Waals surface area contributed by atoms with E-state index >= 15 is 0 Å². The van der Waals surface area contributed by atoms with Crippen LogP contribution in [0.1, 0.15) is 126 Å². The smallest absolute Gasteiger partial charge is 0.157 e. The van der Waals surface area contributed by atoms with E-state index < -0.39 is 0 Å². The molecule has 1 aliphatic rings. The maximum absolute atomic E-state index is 10.0. The van der Waals surface area contributed by atoms with Gasteiger partial charge in [0.25, 0.3) is 0 Å². The van der Waals surface area contributed by atoms with Crippen LogP contribution in [-0.2, 0) is 12.8 Å². The van der Waals surface area contributed by atoms with Crippen LogP contribution in [0.2, 0.25) is 0 Å². The summed E-state index contributed by atoms with van der Waals surface area (Å²) in [6.07, 6.45) is 23.8. The summed E-state index contributed by atoms with van der Waals surface area (Å²) in [7, 11) is 0. The Labute approximate surface area is 218 Å². The summed E-state index contributed by atoms with van der Waals surface area (Å²) >= 11 is 0. The van der Waals surface area contributed by atoms with E-state index in [2.05, 4.69) is 40.9 Å². The van der Waals surface area contributed by atoms with E-state index in [0.29, 0.717) is 0 Å². The molecule has 0 fully saturated rings. The second-order valence-electron chi connectivity index (χ2n) is 10.8. The number of pyridine rings is 1. The van der Waals surface area contributed by atoms with Crippen molar-refractivity contribution >= 4 is 22.5 Å². The Morgan fingerprint density at radius 2 is 1.39 bits per heavy atom. The van der Waals surface area contributed by atoms with Crippen molar-refractivity contribution < 1.29 is 0 Å². The van der Waals surface area contributed by atoms with E-state index in [0.717, 1.165) is 48.1 Å². The minimum absolute atomic E-state index is 0.781. The predicted molar refractivity (Wildman–Crippen MR) is 153 cm³/mol. The molecule has 0 amide bonds. The predicted octanol–water partition coefficient (Wildman–Crippen LogP) is 9.13. The Balaban J connectivity index is 1.24. The van der Waals surface area contributed by atoms with Crippen molar-refractivity contribution in [3.05, 3.63) is 41.0 Å². The van der Waals surface area contributed by atoms with Gasteiger partial charge in [0.15, 0.2) is 5.65 Å². The van der Waals surface area contributed by atoms with Crippen molar-refractivity contribution in [1.82, 2.24) is 9.38 Å². The zero-order valence-corrected chi connectivity index (χ0v) is 22.6. The molecule has 1 N–H and O–H groups in total. The van der Waals surface area contributed by atoms with E-state index in [1.54, 1.807) is 0 Å². The summed E-state index contributed by atoms with van der Waals surface area (Å²) in [5.74, 6) is 1.18. The van der Waals surface area contributed by atoms with Gasteiger partial charge in [0, 0.05) is 6.54 Å². The minimum Gasteiger partial charge on any atom is -0.371 e. The lowest BCUT2D eigenvalue weighted by Gasteiger charge is -2.23. The van der Waals surface area contributed by atoms with Gasteiger partial charge in [-0.05, 0) is 55.4 Å². The number of aromatic nitrogens is 2. The van der Waals surface area contributed by atoms with E-state index in [-0.39, 0.29) is 0 Å². The van der Waals surface area contributed by atoms with Gasteiger partial charge in [0.05, 0.1) is 16.6 Å². The van der Waals surface area contributed by atoms with E-state index in [9.17, 15) is 5.26 Å². The van der Waals surface area contributed by atoms with Gasteiger partial charge in [0.1, 0.15) is 11.9 Å². The van der Waals surface area contributed by atoms with Gasteiger partial charge < -0.3 is 5.32 Å². The maximum atomic E-state index is 10.0. The summed E-state index contributed by atoms with van der Waals surface area (Å²) < 4.78 is 2.22. The molecule has 0 unspecified atom stereocenters. The molecule has 0 spiro atoms. The first-order chi connectivity index (χ1) is 17.8. The second-order valence-corrected chi connectivity index (χ2v) is 10.8. The highest BCUT2D eigenvalue weighted by Crippen LogP contribution is 2.35. The lowest BCUT2D eigenvalue weighted by molar-refractivity contribution is 0.537. The van der Waals surface area contributed by atoms with Crippen molar-refractivity contribution in [1.29, 1.82) is 5.26 Å². The molecule has 36 heavy (non-hydrogen) atoms. The van der Waals surface area contributed by atoms with Gasteiger partial charge in [-0.15, -0.1) is 0 Å². The number of nitrogens with zero attached hydrogens (tertiary/aromatic N) is 3. The van der Waals surface area contributed by atoms with Gasteiger partial charge in [-0.25, -0.2) is 4.98 Å². The topological polar surface area (TPSA) is 53.1 Å². The molecule has 0 atom stereocenters. The highest BCUT2D eigenvalue weighted by Gasteiger charge is 2.24. The van der Waals surface area contributed by atoms with Crippen molar-refractivity contribution in [3.8, 4) is 6.07 Å². The highest BCUT2D eigenvalue weighted by atomic mass is 15.1. The molecule has 1 aromatic carbocycles. The molecule has 4 nitrogen and oxygen atoms in total. The number of nitriles is 1. The third-order valence-electron chi connectivity index (χ3n) is 8.00. The number of hydrogen-bond donors (Lipinski definition) is 1. The molecule has 3 aromatic rings. The third kappa shape index (κ3) is 6.61. The molecule has 0 radical (unpaired) electrons. The van der Waals surface area contributed by atoms with Gasteiger partial charge >= 0.3 is 0 Å². The molecule has 4 rings (SSSR count). The molecule has 0 saturated heterocycles. The van der Waals surface area contributed by atoms with Crippen LogP contribution in [-0.4, -0.2) is 15.9 Å². The molecule has 0 saturated carbocycles. The van der Waals surface area contributed by atoms with Gasteiger partial charge in [-0.2, -0.15) is 5.26 Å². The van der Waals surface area contributed by atoms with Crippen LogP contribution in [0.3, 0.4) is 0 Å². The fourth-order valence-corrected chi connectivity index (χ4v) is 5.96. The highest BCUT2D eigenvalue weighted by molar-refractivity contribution is 5.86. The molecule has 1 aliphatic carbocycles. The number of imidazole rings is 1. The Hall–Kier alpha value is -2.54. The summed E-state index contributed by atoms with van der Waals surface area (Å²) in [5.41, 5.74) is 6.25. The van der Waals surface area contributed by atoms with Crippen LogP contribution in [0.4, 0.5) is 5.82 Å². The fraction of sp³-hybridized carbons (Fsp3) is 0.625.